The number of aromatic nitrogens is 2. The predicted octanol–water partition coefficient (Wildman–Crippen LogP) is 1.72. The first-order valence-corrected chi connectivity index (χ1v) is 4.37. The number of nitrogens with zero attached hydrogens (tertiary/aromatic N) is 3. The van der Waals surface area contributed by atoms with Gasteiger partial charge in [0, 0.05) is 12.2 Å². The molecule has 0 aliphatic heterocycles. The average Bonchev–Trinajstić information content (AvgIpc) is 2.18. The summed E-state index contributed by atoms with van der Waals surface area (Å²) in [6, 6.07) is 3.76. The van der Waals surface area contributed by atoms with Gasteiger partial charge in [-0.3, -0.25) is 0 Å². The first-order valence-electron chi connectivity index (χ1n) is 4.37. The molecule has 0 aromatic carbocycles. The Hall–Kier alpha value is -1.89. The Morgan fingerprint density at radius 2 is 2.57 bits per heavy atom. The highest BCUT2D eigenvalue weighted by atomic mass is 15.1. The fourth-order valence-electron chi connectivity index (χ4n) is 1.02. The van der Waals surface area contributed by atoms with Gasteiger partial charge in [0.15, 0.2) is 0 Å². The fourth-order valence-corrected chi connectivity index (χ4v) is 1.02. The molecule has 1 aromatic rings. The lowest BCUT2D eigenvalue weighted by atomic mass is 10.2. The summed E-state index contributed by atoms with van der Waals surface area (Å²) in [7, 11) is 0. The number of nitriles is 1. The maximum Gasteiger partial charge on any atom is 0.224 e. The van der Waals surface area contributed by atoms with Crippen molar-refractivity contribution in [3.63, 3.8) is 0 Å². The maximum absolute atomic E-state index is 8.62. The second kappa shape index (κ2) is 4.97. The third-order valence-electron chi connectivity index (χ3n) is 1.67. The van der Waals surface area contributed by atoms with E-state index < -0.39 is 0 Å². The molecule has 1 unspecified atom stereocenters. The molecule has 1 atom stereocenters. The predicted molar refractivity (Wildman–Crippen MR) is 54.6 cm³/mol. The summed E-state index contributed by atoms with van der Waals surface area (Å²) in [4.78, 5) is 8.00. The van der Waals surface area contributed by atoms with Gasteiger partial charge in [0.05, 0.1) is 0 Å². The van der Waals surface area contributed by atoms with Crippen molar-refractivity contribution in [1.82, 2.24) is 9.97 Å². The van der Waals surface area contributed by atoms with E-state index in [2.05, 4.69) is 21.9 Å². The summed E-state index contributed by atoms with van der Waals surface area (Å²) in [5, 5.41) is 11.7. The zero-order chi connectivity index (χ0) is 10.4. The number of hydrogen-bond acceptors (Lipinski definition) is 4. The first kappa shape index (κ1) is 10.2. The van der Waals surface area contributed by atoms with Gasteiger partial charge in [0.25, 0.3) is 0 Å². The van der Waals surface area contributed by atoms with Crippen LogP contribution in [-0.2, 0) is 0 Å². The van der Waals surface area contributed by atoms with E-state index in [1.54, 1.807) is 12.3 Å². The first-order chi connectivity index (χ1) is 6.76. The van der Waals surface area contributed by atoms with E-state index >= 15 is 0 Å². The van der Waals surface area contributed by atoms with Crippen molar-refractivity contribution in [2.24, 2.45) is 0 Å². The normalized spacial score (nSPS) is 11.4. The van der Waals surface area contributed by atoms with Crippen molar-refractivity contribution in [3.8, 4) is 6.07 Å². The molecular formula is C10H12N4. The zero-order valence-electron chi connectivity index (χ0n) is 8.07. The number of nitrogens with one attached hydrogen (secondary N) is 1. The topological polar surface area (TPSA) is 61.6 Å². The second-order valence-corrected chi connectivity index (χ2v) is 2.95. The average molecular weight is 188 g/mol. The monoisotopic (exact) mass is 188 g/mol. The second-order valence-electron chi connectivity index (χ2n) is 2.95. The van der Waals surface area contributed by atoms with E-state index in [4.69, 9.17) is 5.26 Å². The zero-order valence-corrected chi connectivity index (χ0v) is 8.07. The molecule has 0 fully saturated rings. The number of anilines is 1. The third-order valence-corrected chi connectivity index (χ3v) is 1.67. The molecule has 0 radical (unpaired) electrons. The highest BCUT2D eigenvalue weighted by Crippen LogP contribution is 2.03. The van der Waals surface area contributed by atoms with Crippen molar-refractivity contribution in [3.05, 3.63) is 30.6 Å². The van der Waals surface area contributed by atoms with E-state index in [0.717, 1.165) is 6.42 Å². The molecule has 14 heavy (non-hydrogen) atoms. The van der Waals surface area contributed by atoms with Crippen LogP contribution >= 0.6 is 0 Å². The van der Waals surface area contributed by atoms with E-state index in [1.807, 2.05) is 19.1 Å². The van der Waals surface area contributed by atoms with Crippen LogP contribution in [0.1, 0.15) is 19.0 Å². The van der Waals surface area contributed by atoms with Gasteiger partial charge < -0.3 is 5.32 Å². The molecule has 0 spiro atoms. The van der Waals surface area contributed by atoms with Crippen LogP contribution in [0.15, 0.2) is 24.9 Å². The van der Waals surface area contributed by atoms with E-state index in [0.29, 0.717) is 11.6 Å². The fraction of sp³-hybridized carbons (Fsp3) is 0.300. The summed E-state index contributed by atoms with van der Waals surface area (Å²) >= 11 is 0. The quantitative estimate of drug-likeness (QED) is 0.731. The SMILES string of the molecule is C=CCC(C)Nc1nccc(C#N)n1. The minimum absolute atomic E-state index is 0.224. The lowest BCUT2D eigenvalue weighted by Gasteiger charge is -2.10. The molecule has 0 saturated heterocycles. The van der Waals surface area contributed by atoms with E-state index in [-0.39, 0.29) is 6.04 Å². The minimum Gasteiger partial charge on any atom is -0.351 e. The molecule has 0 aliphatic rings. The van der Waals surface area contributed by atoms with Crippen LogP contribution in [0.5, 0.6) is 0 Å². The molecule has 1 aromatic heterocycles. The van der Waals surface area contributed by atoms with Crippen LogP contribution in [0.4, 0.5) is 5.95 Å². The molecule has 0 saturated carbocycles. The van der Waals surface area contributed by atoms with Crippen molar-refractivity contribution >= 4 is 5.95 Å². The molecule has 72 valence electrons. The van der Waals surface area contributed by atoms with Crippen LogP contribution in [0, 0.1) is 11.3 Å². The largest absolute Gasteiger partial charge is 0.351 e. The lowest BCUT2D eigenvalue weighted by Crippen LogP contribution is -2.16. The molecule has 4 heteroatoms. The van der Waals surface area contributed by atoms with Crippen LogP contribution in [0.25, 0.3) is 0 Å². The molecular weight excluding hydrogens is 176 g/mol. The summed E-state index contributed by atoms with van der Waals surface area (Å²) in [5.74, 6) is 0.485. The molecule has 4 nitrogen and oxygen atoms in total. The maximum atomic E-state index is 8.62. The van der Waals surface area contributed by atoms with Gasteiger partial charge in [-0.25, -0.2) is 9.97 Å². The van der Waals surface area contributed by atoms with Crippen molar-refractivity contribution in [2.45, 2.75) is 19.4 Å². The van der Waals surface area contributed by atoms with Crippen LogP contribution in [0.2, 0.25) is 0 Å². The van der Waals surface area contributed by atoms with Crippen molar-refractivity contribution in [1.29, 1.82) is 5.26 Å². The molecule has 1 N–H and O–H groups in total. The third kappa shape index (κ3) is 2.87. The molecule has 0 aliphatic carbocycles. The van der Waals surface area contributed by atoms with E-state index in [9.17, 15) is 0 Å². The standard InChI is InChI=1S/C10H12N4/c1-3-4-8(2)13-10-12-6-5-9(7-11)14-10/h3,5-6,8H,1,4H2,2H3,(H,12,13,14). The summed E-state index contributed by atoms with van der Waals surface area (Å²) in [6.07, 6.45) is 4.22. The smallest absolute Gasteiger partial charge is 0.224 e. The van der Waals surface area contributed by atoms with Gasteiger partial charge in [-0.1, -0.05) is 6.08 Å². The Morgan fingerprint density at radius 1 is 1.79 bits per heavy atom. The highest BCUT2D eigenvalue weighted by Gasteiger charge is 2.02. The molecule has 0 amide bonds. The number of hydrogen-bond donors (Lipinski definition) is 1. The summed E-state index contributed by atoms with van der Waals surface area (Å²) < 4.78 is 0. The Labute approximate surface area is 83.3 Å². The Bertz CT molecular complexity index is 353. The van der Waals surface area contributed by atoms with E-state index in [1.165, 1.54) is 0 Å². The molecule has 1 rings (SSSR count). The van der Waals surface area contributed by atoms with Gasteiger partial charge in [-0.2, -0.15) is 5.26 Å². The number of rotatable bonds is 4. The molecule has 1 heterocycles. The van der Waals surface area contributed by atoms with Gasteiger partial charge in [0.2, 0.25) is 5.95 Å². The van der Waals surface area contributed by atoms with Crippen molar-refractivity contribution in [2.75, 3.05) is 5.32 Å². The van der Waals surface area contributed by atoms with Gasteiger partial charge in [-0.15, -0.1) is 6.58 Å². The molecule has 0 bridgehead atoms. The van der Waals surface area contributed by atoms with Gasteiger partial charge >= 0.3 is 0 Å². The highest BCUT2D eigenvalue weighted by molar-refractivity contribution is 5.30. The Kier molecular flexibility index (Phi) is 3.62. The summed E-state index contributed by atoms with van der Waals surface area (Å²) in [5.41, 5.74) is 0.369. The summed E-state index contributed by atoms with van der Waals surface area (Å²) in [6.45, 7) is 5.65. The van der Waals surface area contributed by atoms with Crippen LogP contribution < -0.4 is 5.32 Å². The Balaban J connectivity index is 2.67. The van der Waals surface area contributed by atoms with Crippen molar-refractivity contribution < 1.29 is 0 Å². The van der Waals surface area contributed by atoms with Gasteiger partial charge in [0.1, 0.15) is 11.8 Å². The van der Waals surface area contributed by atoms with Crippen LogP contribution in [-0.4, -0.2) is 16.0 Å². The Morgan fingerprint density at radius 3 is 3.21 bits per heavy atom. The van der Waals surface area contributed by atoms with Gasteiger partial charge in [-0.05, 0) is 19.4 Å². The lowest BCUT2D eigenvalue weighted by molar-refractivity contribution is 0.798. The van der Waals surface area contributed by atoms with Crippen LogP contribution in [0.3, 0.4) is 0 Å². The minimum atomic E-state index is 0.224.